The van der Waals surface area contributed by atoms with Crippen LogP contribution in [-0.2, 0) is 15.0 Å². The fourth-order valence-corrected chi connectivity index (χ4v) is 2.93. The van der Waals surface area contributed by atoms with Crippen molar-refractivity contribution < 1.29 is 19.1 Å². The number of rotatable bonds is 7. The summed E-state index contributed by atoms with van der Waals surface area (Å²) in [7, 11) is 0. The molecule has 0 aliphatic rings. The largest absolute Gasteiger partial charge is 0.484 e. The Labute approximate surface area is 188 Å². The van der Waals surface area contributed by atoms with Crippen molar-refractivity contribution in [2.24, 2.45) is 0 Å². The molecule has 0 aliphatic heterocycles. The number of benzene rings is 3. The molecule has 0 heterocycles. The van der Waals surface area contributed by atoms with Crippen molar-refractivity contribution in [1.29, 1.82) is 0 Å². The number of nitrogens with one attached hydrogen (secondary N) is 2. The molecule has 3 aromatic carbocycles. The molecule has 0 fully saturated rings. The fraction of sp³-hybridized carbons (Fsp3) is 0.231. The van der Waals surface area contributed by atoms with Crippen LogP contribution in [0.1, 0.15) is 26.3 Å². The number of hydrogen-bond donors (Lipinski definition) is 2. The Balaban J connectivity index is 1.37. The lowest BCUT2D eigenvalue weighted by atomic mass is 9.87. The molecule has 0 aliphatic carbocycles. The molecule has 32 heavy (non-hydrogen) atoms. The van der Waals surface area contributed by atoms with Gasteiger partial charge < -0.3 is 9.47 Å². The van der Waals surface area contributed by atoms with Gasteiger partial charge in [-0.05, 0) is 46.4 Å². The molecule has 2 amide bonds. The second-order valence-corrected chi connectivity index (χ2v) is 8.34. The SMILES string of the molecule is CC(C)(C)c1ccc(OCC(=O)NNC(=O)COc2ccc(-c3ccccc3)cc2)cc1. The molecule has 6 heteroatoms. The van der Waals surface area contributed by atoms with Gasteiger partial charge in [0.1, 0.15) is 11.5 Å². The van der Waals surface area contributed by atoms with Gasteiger partial charge in [0.15, 0.2) is 13.2 Å². The van der Waals surface area contributed by atoms with E-state index in [1.165, 1.54) is 5.56 Å². The van der Waals surface area contributed by atoms with Gasteiger partial charge in [0, 0.05) is 0 Å². The highest BCUT2D eigenvalue weighted by Crippen LogP contribution is 2.24. The summed E-state index contributed by atoms with van der Waals surface area (Å²) in [6.07, 6.45) is 0. The molecule has 0 atom stereocenters. The molecule has 0 radical (unpaired) electrons. The maximum Gasteiger partial charge on any atom is 0.276 e. The highest BCUT2D eigenvalue weighted by molar-refractivity contribution is 5.83. The number of amides is 2. The van der Waals surface area contributed by atoms with E-state index in [0.717, 1.165) is 11.1 Å². The van der Waals surface area contributed by atoms with E-state index in [4.69, 9.17) is 9.47 Å². The molecule has 3 rings (SSSR count). The molecule has 0 unspecified atom stereocenters. The van der Waals surface area contributed by atoms with E-state index in [1.807, 2.05) is 66.7 Å². The van der Waals surface area contributed by atoms with E-state index < -0.39 is 11.8 Å². The summed E-state index contributed by atoms with van der Waals surface area (Å²) in [6, 6.07) is 25.0. The van der Waals surface area contributed by atoms with Crippen molar-refractivity contribution in [1.82, 2.24) is 10.9 Å². The van der Waals surface area contributed by atoms with E-state index in [9.17, 15) is 9.59 Å². The van der Waals surface area contributed by atoms with Crippen LogP contribution in [0.15, 0.2) is 78.9 Å². The number of carbonyl (C=O) groups excluding carboxylic acids is 2. The molecule has 0 saturated carbocycles. The minimum Gasteiger partial charge on any atom is -0.484 e. The second-order valence-electron chi connectivity index (χ2n) is 8.34. The van der Waals surface area contributed by atoms with Crippen LogP contribution in [0.25, 0.3) is 11.1 Å². The number of carbonyl (C=O) groups is 2. The number of hydrazine groups is 1. The van der Waals surface area contributed by atoms with Crippen LogP contribution in [0, 0.1) is 0 Å². The van der Waals surface area contributed by atoms with Gasteiger partial charge in [-0.25, -0.2) is 0 Å². The predicted molar refractivity (Wildman–Crippen MR) is 124 cm³/mol. The van der Waals surface area contributed by atoms with Crippen molar-refractivity contribution in [2.75, 3.05) is 13.2 Å². The lowest BCUT2D eigenvalue weighted by molar-refractivity contribution is -0.131. The van der Waals surface area contributed by atoms with Gasteiger partial charge in [-0.2, -0.15) is 0 Å². The van der Waals surface area contributed by atoms with Gasteiger partial charge in [0.05, 0.1) is 0 Å². The first-order chi connectivity index (χ1) is 15.3. The highest BCUT2D eigenvalue weighted by atomic mass is 16.5. The van der Waals surface area contributed by atoms with E-state index in [1.54, 1.807) is 12.1 Å². The normalized spacial score (nSPS) is 10.8. The topological polar surface area (TPSA) is 76.7 Å². The van der Waals surface area contributed by atoms with Gasteiger partial charge in [-0.15, -0.1) is 0 Å². The highest BCUT2D eigenvalue weighted by Gasteiger charge is 2.13. The van der Waals surface area contributed by atoms with Gasteiger partial charge in [0.25, 0.3) is 11.8 Å². The lowest BCUT2D eigenvalue weighted by Gasteiger charge is -2.19. The zero-order valence-corrected chi connectivity index (χ0v) is 18.6. The molecule has 6 nitrogen and oxygen atoms in total. The zero-order valence-electron chi connectivity index (χ0n) is 18.6. The van der Waals surface area contributed by atoms with Crippen molar-refractivity contribution in [3.63, 3.8) is 0 Å². The summed E-state index contributed by atoms with van der Waals surface area (Å²) in [6.45, 7) is 5.95. The quantitative estimate of drug-likeness (QED) is 0.547. The van der Waals surface area contributed by atoms with Crippen molar-refractivity contribution >= 4 is 11.8 Å². The Morgan fingerprint density at radius 2 is 1.09 bits per heavy atom. The number of hydrogen-bond acceptors (Lipinski definition) is 4. The van der Waals surface area contributed by atoms with E-state index in [-0.39, 0.29) is 18.6 Å². The van der Waals surface area contributed by atoms with Crippen LogP contribution in [-0.4, -0.2) is 25.0 Å². The maximum atomic E-state index is 11.9. The Bertz CT molecular complexity index is 1020. The van der Waals surface area contributed by atoms with E-state index in [2.05, 4.69) is 31.6 Å². The molecule has 166 valence electrons. The minimum absolute atomic E-state index is 0.0478. The third kappa shape index (κ3) is 6.87. The van der Waals surface area contributed by atoms with Crippen molar-refractivity contribution in [3.05, 3.63) is 84.4 Å². The predicted octanol–water partition coefficient (Wildman–Crippen LogP) is 4.26. The van der Waals surface area contributed by atoms with Crippen LogP contribution in [0.5, 0.6) is 11.5 Å². The Morgan fingerprint density at radius 3 is 1.56 bits per heavy atom. The minimum atomic E-state index is -0.472. The standard InChI is InChI=1S/C26H28N2O4/c1-26(2,3)21-11-15-23(16-12-21)32-18-25(30)28-27-24(29)17-31-22-13-9-20(10-14-22)19-7-5-4-6-8-19/h4-16H,17-18H2,1-3H3,(H,27,29)(H,28,30). The Kier molecular flexibility index (Phi) is 7.49. The molecule has 3 aromatic rings. The zero-order chi connectivity index (χ0) is 23.0. The summed E-state index contributed by atoms with van der Waals surface area (Å²) in [4.78, 5) is 23.8. The van der Waals surface area contributed by atoms with E-state index in [0.29, 0.717) is 11.5 Å². The van der Waals surface area contributed by atoms with Gasteiger partial charge in [-0.3, -0.25) is 20.4 Å². The molecule has 0 spiro atoms. The van der Waals surface area contributed by atoms with Crippen LogP contribution in [0.2, 0.25) is 0 Å². The third-order valence-corrected chi connectivity index (χ3v) is 4.76. The Morgan fingerprint density at radius 1 is 0.656 bits per heavy atom. The van der Waals surface area contributed by atoms with Gasteiger partial charge in [-0.1, -0.05) is 75.4 Å². The summed E-state index contributed by atoms with van der Waals surface area (Å²) in [5.41, 5.74) is 8.01. The summed E-state index contributed by atoms with van der Waals surface area (Å²) in [5.74, 6) is 0.209. The fourth-order valence-electron chi connectivity index (χ4n) is 2.93. The van der Waals surface area contributed by atoms with Crippen molar-refractivity contribution in [3.8, 4) is 22.6 Å². The van der Waals surface area contributed by atoms with Crippen LogP contribution >= 0.6 is 0 Å². The first kappa shape index (κ1) is 22.9. The van der Waals surface area contributed by atoms with Crippen LogP contribution in [0.4, 0.5) is 0 Å². The smallest absolute Gasteiger partial charge is 0.276 e. The maximum absolute atomic E-state index is 11.9. The third-order valence-electron chi connectivity index (χ3n) is 4.76. The first-order valence-corrected chi connectivity index (χ1v) is 10.4. The molecule has 2 N–H and O–H groups in total. The number of ether oxygens (including phenoxy) is 2. The van der Waals surface area contributed by atoms with Crippen LogP contribution < -0.4 is 20.3 Å². The second kappa shape index (κ2) is 10.5. The first-order valence-electron chi connectivity index (χ1n) is 10.4. The molecule has 0 saturated heterocycles. The lowest BCUT2D eigenvalue weighted by Crippen LogP contribution is -2.45. The average Bonchev–Trinajstić information content (AvgIpc) is 2.80. The van der Waals surface area contributed by atoms with Crippen LogP contribution in [0.3, 0.4) is 0 Å². The molecule has 0 aromatic heterocycles. The van der Waals surface area contributed by atoms with Crippen molar-refractivity contribution in [2.45, 2.75) is 26.2 Å². The molecular formula is C26H28N2O4. The van der Waals surface area contributed by atoms with E-state index >= 15 is 0 Å². The van der Waals surface area contributed by atoms with Gasteiger partial charge >= 0.3 is 0 Å². The molecular weight excluding hydrogens is 404 g/mol. The summed E-state index contributed by atoms with van der Waals surface area (Å²) >= 11 is 0. The monoisotopic (exact) mass is 432 g/mol. The summed E-state index contributed by atoms with van der Waals surface area (Å²) < 4.78 is 10.9. The summed E-state index contributed by atoms with van der Waals surface area (Å²) in [5, 5.41) is 0. The molecule has 0 bridgehead atoms. The Hall–Kier alpha value is -3.80. The average molecular weight is 433 g/mol. The van der Waals surface area contributed by atoms with Gasteiger partial charge in [0.2, 0.25) is 0 Å².